The summed E-state index contributed by atoms with van der Waals surface area (Å²) in [4.78, 5) is 167. The minimum Gasteiger partial charge on any atom is -0.390 e. The van der Waals surface area contributed by atoms with Crippen molar-refractivity contribution in [3.63, 3.8) is 0 Å². The molecule has 24 heteroatoms. The normalized spacial score (nSPS) is 27.6. The molecule has 1 heterocycles. The van der Waals surface area contributed by atoms with Crippen molar-refractivity contribution in [3.05, 3.63) is 12.2 Å². The number of likely N-dealkylation sites (N-methyl/N-ethyl adjacent to an activating group) is 7. The number of amides is 11. The number of nitrogens with zero attached hydrogens (tertiary/aromatic N) is 7. The van der Waals surface area contributed by atoms with Crippen LogP contribution < -0.4 is 21.3 Å². The van der Waals surface area contributed by atoms with Crippen LogP contribution in [0.5, 0.6) is 0 Å². The second kappa shape index (κ2) is 34.4. The summed E-state index contributed by atoms with van der Waals surface area (Å²) in [5, 5.41) is 22.8. The number of rotatable bonds is 15. The van der Waals surface area contributed by atoms with Crippen LogP contribution in [-0.2, 0) is 52.7 Å². The number of aliphatic hydroxyl groups is 1. The number of nitrogens with one attached hydrogen (secondary N) is 4. The lowest BCUT2D eigenvalue weighted by atomic mass is 9.90. The highest BCUT2D eigenvalue weighted by atomic mass is 19.1. The minimum atomic E-state index is -3.24. The molecule has 11 amide bonds. The van der Waals surface area contributed by atoms with Crippen LogP contribution in [0.3, 0.4) is 0 Å². The molecule has 0 aromatic rings. The third-order valence-electron chi connectivity index (χ3n) is 16.3. The Hall–Kier alpha value is -6.20. The smallest absolute Gasteiger partial charge is 0.282 e. The first-order valence-corrected chi connectivity index (χ1v) is 30.6. The van der Waals surface area contributed by atoms with Crippen molar-refractivity contribution in [3.8, 4) is 0 Å². The zero-order chi connectivity index (χ0) is 66.9. The summed E-state index contributed by atoms with van der Waals surface area (Å²) >= 11 is 0. The average molecular weight is 1220 g/mol. The molecule has 0 radical (unpaired) electrons. The maximum absolute atomic E-state index is 18.4. The first-order chi connectivity index (χ1) is 39.6. The van der Waals surface area contributed by atoms with Crippen molar-refractivity contribution >= 4 is 65.0 Å². The van der Waals surface area contributed by atoms with E-state index in [-0.39, 0.29) is 62.2 Å². The Labute approximate surface area is 513 Å². The SMILES string of the molecule is C/C=C/C[C@@H](C)[C@@H](O)[C@H]1C(=O)N[C@@H](CC)C(=O)N(C)CC(=O)N(C)[C@@H](CC(C)C)C(=O)N[C@@H](C(C)C)C(=O)N(C)[C@@H](CC(C)C)C(=O)N[C@@H](C)C(=O)N[C@H](C)C(=O)N(C)[C@@H](CC(C)C)C(=O)N(C)[C@@H](CC(C)C)C(=O)N(C)[C@](F)(C(C)C)C(=O)N1C. The largest absolute Gasteiger partial charge is 0.390 e. The molecular formula is C62H110FN11O12. The Morgan fingerprint density at radius 2 is 0.965 bits per heavy atom. The average Bonchev–Trinajstić information content (AvgIpc) is 1.15. The molecule has 12 atom stereocenters. The second-order valence-electron chi connectivity index (χ2n) is 26.1. The van der Waals surface area contributed by atoms with Crippen LogP contribution in [0.1, 0.15) is 156 Å². The Morgan fingerprint density at radius 3 is 1.42 bits per heavy atom. The Kier molecular flexibility index (Phi) is 31.1. The van der Waals surface area contributed by atoms with Gasteiger partial charge in [-0.25, -0.2) is 4.39 Å². The summed E-state index contributed by atoms with van der Waals surface area (Å²) in [6, 6.07) is -12.0. The molecule has 0 aliphatic carbocycles. The van der Waals surface area contributed by atoms with Gasteiger partial charge in [0.25, 0.3) is 11.7 Å². The molecule has 1 aliphatic heterocycles. The molecule has 5 N–H and O–H groups in total. The lowest BCUT2D eigenvalue weighted by molar-refractivity contribution is -0.179. The van der Waals surface area contributed by atoms with E-state index >= 15 is 14.0 Å². The van der Waals surface area contributed by atoms with Crippen molar-refractivity contribution < 1.29 is 62.2 Å². The Balaban J connectivity index is 4.38. The van der Waals surface area contributed by atoms with Gasteiger partial charge in [-0.15, -0.1) is 0 Å². The molecule has 0 aromatic carbocycles. The van der Waals surface area contributed by atoms with Gasteiger partial charge in [-0.05, 0) is 94.8 Å². The van der Waals surface area contributed by atoms with Crippen LogP contribution in [0.2, 0.25) is 0 Å². The van der Waals surface area contributed by atoms with Gasteiger partial charge in [0.2, 0.25) is 59.1 Å². The molecule has 86 heavy (non-hydrogen) atoms. The van der Waals surface area contributed by atoms with E-state index in [0.29, 0.717) is 4.90 Å². The number of carbonyl (C=O) groups excluding carboxylic acids is 11. The zero-order valence-electron chi connectivity index (χ0n) is 56.4. The molecule has 0 unspecified atom stereocenters. The lowest BCUT2D eigenvalue weighted by Crippen LogP contribution is -2.67. The van der Waals surface area contributed by atoms with Gasteiger partial charge in [0.15, 0.2) is 0 Å². The number of alkyl halides is 1. The summed E-state index contributed by atoms with van der Waals surface area (Å²) in [5.74, 6) is -15.7. The van der Waals surface area contributed by atoms with Crippen LogP contribution in [0.25, 0.3) is 0 Å². The Morgan fingerprint density at radius 1 is 0.535 bits per heavy atom. The lowest BCUT2D eigenvalue weighted by Gasteiger charge is -2.44. The second-order valence-corrected chi connectivity index (χ2v) is 26.1. The fourth-order valence-corrected chi connectivity index (χ4v) is 10.6. The fourth-order valence-electron chi connectivity index (χ4n) is 10.6. The maximum Gasteiger partial charge on any atom is 0.282 e. The molecule has 492 valence electrons. The zero-order valence-corrected chi connectivity index (χ0v) is 56.4. The van der Waals surface area contributed by atoms with Crippen molar-refractivity contribution in [2.24, 2.45) is 41.4 Å². The molecule has 23 nitrogen and oxygen atoms in total. The number of halogens is 1. The van der Waals surface area contributed by atoms with Gasteiger partial charge < -0.3 is 60.7 Å². The van der Waals surface area contributed by atoms with Gasteiger partial charge >= 0.3 is 0 Å². The first kappa shape index (κ1) is 77.8. The minimum absolute atomic E-state index is 0.0332. The van der Waals surface area contributed by atoms with Crippen LogP contribution in [0.4, 0.5) is 4.39 Å². The summed E-state index contributed by atoms with van der Waals surface area (Å²) in [6.45, 7) is 27.9. The van der Waals surface area contributed by atoms with Gasteiger partial charge in [0.1, 0.15) is 54.4 Å². The highest BCUT2D eigenvalue weighted by Crippen LogP contribution is 2.33. The quantitative estimate of drug-likeness (QED) is 0.116. The van der Waals surface area contributed by atoms with Crippen molar-refractivity contribution in [2.45, 2.75) is 223 Å². The fraction of sp³-hybridized carbons (Fsp3) is 0.790. The molecule has 1 rings (SSSR count). The van der Waals surface area contributed by atoms with Gasteiger partial charge in [-0.2, -0.15) is 0 Å². The van der Waals surface area contributed by atoms with E-state index in [2.05, 4.69) is 21.3 Å². The molecule has 0 bridgehead atoms. The van der Waals surface area contributed by atoms with Crippen molar-refractivity contribution in [2.75, 3.05) is 55.9 Å². The summed E-state index contributed by atoms with van der Waals surface area (Å²) in [7, 11) is 9.04. The molecular weight excluding hydrogens is 1110 g/mol. The molecule has 1 fully saturated rings. The van der Waals surface area contributed by atoms with Gasteiger partial charge in [0, 0.05) is 55.3 Å². The van der Waals surface area contributed by atoms with E-state index in [1.807, 2.05) is 41.5 Å². The topological polar surface area (TPSA) is 279 Å². The molecule has 1 aliphatic rings. The van der Waals surface area contributed by atoms with Crippen molar-refractivity contribution in [1.29, 1.82) is 0 Å². The van der Waals surface area contributed by atoms with Gasteiger partial charge in [-0.3, -0.25) is 52.7 Å². The van der Waals surface area contributed by atoms with E-state index in [1.54, 1.807) is 60.6 Å². The van der Waals surface area contributed by atoms with E-state index in [1.165, 1.54) is 72.7 Å². The summed E-state index contributed by atoms with van der Waals surface area (Å²) < 4.78 is 18.4. The predicted molar refractivity (Wildman–Crippen MR) is 328 cm³/mol. The van der Waals surface area contributed by atoms with Crippen LogP contribution in [-0.4, -0.2) is 227 Å². The first-order valence-electron chi connectivity index (χ1n) is 30.6. The highest BCUT2D eigenvalue weighted by molar-refractivity contribution is 6.00. The van der Waals surface area contributed by atoms with E-state index in [0.717, 1.165) is 33.7 Å². The van der Waals surface area contributed by atoms with Crippen LogP contribution in [0.15, 0.2) is 12.2 Å². The van der Waals surface area contributed by atoms with E-state index < -0.39 is 156 Å². The van der Waals surface area contributed by atoms with Gasteiger partial charge in [-0.1, -0.05) is 109 Å². The van der Waals surface area contributed by atoms with Gasteiger partial charge in [0.05, 0.1) is 12.6 Å². The van der Waals surface area contributed by atoms with E-state index in [9.17, 15) is 48.3 Å². The standard InChI is InChI=1S/C62H110FN11O12/c1-25-27-28-40(15)51(76)50-55(80)66-43(26-2)57(82)68(18)33-48(75)69(19)44(29-34(3)4)54(79)67-49(38(11)12)60(85)70(20)45(30-35(5)6)53(78)64-41(16)52(77)65-42(17)56(81)71(21)46(31-36(7)8)58(83)72(22)47(32-37(9)10)59(84)74(24)62(63,39(13)14)61(86)73(50)23/h25,27,34-47,49-51,76H,26,28-33H2,1-24H3,(H,64,78)(H,65,77)(H,66,80)(H,67,79)/b27-25+/t40-,41+,42-,43+,44+,45+,46+,47+,49+,50+,51-,62-/m1/s1. The number of carbonyl (C=O) groups is 11. The monoisotopic (exact) mass is 1220 g/mol. The molecule has 0 saturated carbocycles. The molecule has 1 saturated heterocycles. The predicted octanol–water partition coefficient (Wildman–Crippen LogP) is 3.57. The number of allylic oxidation sites excluding steroid dienone is 2. The maximum atomic E-state index is 18.4. The van der Waals surface area contributed by atoms with E-state index in [4.69, 9.17) is 0 Å². The highest BCUT2D eigenvalue weighted by Gasteiger charge is 2.54. The van der Waals surface area contributed by atoms with Crippen LogP contribution in [0, 0.1) is 41.4 Å². The summed E-state index contributed by atoms with van der Waals surface area (Å²) in [5.41, 5.74) is 0. The number of hydrogen-bond donors (Lipinski definition) is 5. The third-order valence-corrected chi connectivity index (χ3v) is 16.3. The third kappa shape index (κ3) is 20.4. The number of aliphatic hydroxyl groups excluding tert-OH is 1. The molecule has 0 aromatic heterocycles. The molecule has 0 spiro atoms. The number of hydrogen-bond acceptors (Lipinski definition) is 12. The summed E-state index contributed by atoms with van der Waals surface area (Å²) in [6.07, 6.45) is 2.25. The van der Waals surface area contributed by atoms with Crippen LogP contribution >= 0.6 is 0 Å². The van der Waals surface area contributed by atoms with Crippen molar-refractivity contribution in [1.82, 2.24) is 55.6 Å². The Bertz CT molecular complexity index is 2390.